The Hall–Kier alpha value is -0.900. The first-order chi connectivity index (χ1) is 9.30. The molecular weight excluding hydrogens is 236 g/mol. The normalized spacial score (nSPS) is 16.8. The Kier molecular flexibility index (Phi) is 5.37. The molecule has 2 N–H and O–H groups in total. The van der Waals surface area contributed by atoms with E-state index in [-0.39, 0.29) is 0 Å². The minimum absolute atomic E-state index is 0.327. The molecule has 0 saturated heterocycles. The molecule has 0 radical (unpaired) electrons. The van der Waals surface area contributed by atoms with Gasteiger partial charge in [0.15, 0.2) is 0 Å². The van der Waals surface area contributed by atoms with Crippen LogP contribution < -0.4 is 5.73 Å². The summed E-state index contributed by atoms with van der Waals surface area (Å²) in [4.78, 5) is 2.52. The zero-order valence-electron chi connectivity index (χ0n) is 12.1. The van der Waals surface area contributed by atoms with Crippen molar-refractivity contribution in [2.45, 2.75) is 38.3 Å². The van der Waals surface area contributed by atoms with Gasteiger partial charge in [0, 0.05) is 32.3 Å². The van der Waals surface area contributed by atoms with Gasteiger partial charge < -0.3 is 10.5 Å². The molecular formula is C16H26N2O. The number of nitrogens with two attached hydrogens (primary N) is 1. The number of aryl methyl sites for hydroxylation is 1. The Morgan fingerprint density at radius 1 is 1.32 bits per heavy atom. The smallest absolute Gasteiger partial charge is 0.0590 e. The lowest BCUT2D eigenvalue weighted by atomic mass is 10.0. The summed E-state index contributed by atoms with van der Waals surface area (Å²) in [5.74, 6) is 0. The maximum absolute atomic E-state index is 6.03. The summed E-state index contributed by atoms with van der Waals surface area (Å²) in [6, 6.07) is 9.94. The van der Waals surface area contributed by atoms with Crippen molar-refractivity contribution in [3.8, 4) is 0 Å². The average Bonchev–Trinajstić information content (AvgIpc) is 3.28. The second-order valence-electron chi connectivity index (χ2n) is 5.31. The Labute approximate surface area is 116 Å². The van der Waals surface area contributed by atoms with Crippen LogP contribution in [0.1, 0.15) is 36.9 Å². The Morgan fingerprint density at radius 3 is 2.47 bits per heavy atom. The van der Waals surface area contributed by atoms with Crippen molar-refractivity contribution < 1.29 is 4.74 Å². The van der Waals surface area contributed by atoms with Crippen LogP contribution in [0.5, 0.6) is 0 Å². The molecule has 1 fully saturated rings. The van der Waals surface area contributed by atoms with Gasteiger partial charge in [-0.1, -0.05) is 31.2 Å². The van der Waals surface area contributed by atoms with Gasteiger partial charge in [0.2, 0.25) is 0 Å². The van der Waals surface area contributed by atoms with Gasteiger partial charge in [0.25, 0.3) is 0 Å². The number of methoxy groups -OCH3 is 1. The highest BCUT2D eigenvalue weighted by atomic mass is 16.5. The maximum Gasteiger partial charge on any atom is 0.0590 e. The predicted octanol–water partition coefficient (Wildman–Crippen LogP) is 2.36. The van der Waals surface area contributed by atoms with Crippen molar-refractivity contribution in [2.75, 3.05) is 26.8 Å². The van der Waals surface area contributed by atoms with E-state index in [0.29, 0.717) is 18.6 Å². The third-order valence-electron chi connectivity index (χ3n) is 3.97. The van der Waals surface area contributed by atoms with Gasteiger partial charge in [-0.05, 0) is 30.4 Å². The Balaban J connectivity index is 2.10. The molecule has 1 aliphatic carbocycles. The van der Waals surface area contributed by atoms with Crippen LogP contribution in [0.2, 0.25) is 0 Å². The van der Waals surface area contributed by atoms with Gasteiger partial charge in [0.05, 0.1) is 6.61 Å². The fourth-order valence-electron chi connectivity index (χ4n) is 2.63. The molecule has 1 saturated carbocycles. The van der Waals surface area contributed by atoms with E-state index in [1.807, 2.05) is 0 Å². The number of benzene rings is 1. The van der Waals surface area contributed by atoms with Crippen LogP contribution >= 0.6 is 0 Å². The second kappa shape index (κ2) is 7.04. The van der Waals surface area contributed by atoms with E-state index in [0.717, 1.165) is 19.6 Å². The van der Waals surface area contributed by atoms with Crippen molar-refractivity contribution in [1.29, 1.82) is 0 Å². The van der Waals surface area contributed by atoms with E-state index in [1.54, 1.807) is 7.11 Å². The van der Waals surface area contributed by atoms with Crippen LogP contribution in [0.4, 0.5) is 0 Å². The number of nitrogens with zero attached hydrogens (tertiary/aromatic N) is 1. The molecule has 0 aromatic heterocycles. The van der Waals surface area contributed by atoms with Gasteiger partial charge in [-0.3, -0.25) is 4.90 Å². The molecule has 0 heterocycles. The molecule has 0 spiro atoms. The maximum atomic E-state index is 6.03. The molecule has 0 aliphatic heterocycles. The lowest BCUT2D eigenvalue weighted by Crippen LogP contribution is -2.37. The van der Waals surface area contributed by atoms with Crippen LogP contribution in [-0.2, 0) is 11.2 Å². The molecule has 1 aromatic carbocycles. The molecule has 0 bridgehead atoms. The summed E-state index contributed by atoms with van der Waals surface area (Å²) in [7, 11) is 1.76. The lowest BCUT2D eigenvalue weighted by molar-refractivity contribution is 0.115. The van der Waals surface area contributed by atoms with Crippen molar-refractivity contribution in [3.63, 3.8) is 0 Å². The summed E-state index contributed by atoms with van der Waals surface area (Å²) >= 11 is 0. The molecule has 2 rings (SSSR count). The minimum atomic E-state index is 0.327. The summed E-state index contributed by atoms with van der Waals surface area (Å²) in [6.07, 6.45) is 3.68. The first-order valence-electron chi connectivity index (χ1n) is 7.33. The molecule has 1 aromatic rings. The van der Waals surface area contributed by atoms with Crippen molar-refractivity contribution in [1.82, 2.24) is 4.90 Å². The summed E-state index contributed by atoms with van der Waals surface area (Å²) < 4.78 is 5.23. The Morgan fingerprint density at radius 2 is 2.00 bits per heavy atom. The molecule has 19 heavy (non-hydrogen) atoms. The van der Waals surface area contributed by atoms with E-state index >= 15 is 0 Å². The molecule has 3 heteroatoms. The second-order valence-corrected chi connectivity index (χ2v) is 5.31. The average molecular weight is 262 g/mol. The molecule has 3 nitrogen and oxygen atoms in total. The highest BCUT2D eigenvalue weighted by Crippen LogP contribution is 2.33. The summed E-state index contributed by atoms with van der Waals surface area (Å²) in [5, 5.41) is 0. The van der Waals surface area contributed by atoms with Crippen LogP contribution in [0, 0.1) is 0 Å². The van der Waals surface area contributed by atoms with Crippen LogP contribution in [0.25, 0.3) is 0 Å². The molecule has 1 unspecified atom stereocenters. The van der Waals surface area contributed by atoms with Crippen molar-refractivity contribution in [2.24, 2.45) is 5.73 Å². The summed E-state index contributed by atoms with van der Waals surface area (Å²) in [6.45, 7) is 4.61. The standard InChI is InChI=1S/C16H26N2O/c1-3-13-4-6-14(7-5-13)16(12-17)18(10-11-19-2)15-8-9-15/h4-7,15-16H,3,8-12,17H2,1-2H3. The highest BCUT2D eigenvalue weighted by Gasteiger charge is 2.33. The van der Waals surface area contributed by atoms with Crippen molar-refractivity contribution >= 4 is 0 Å². The molecule has 0 amide bonds. The topological polar surface area (TPSA) is 38.5 Å². The molecule has 106 valence electrons. The van der Waals surface area contributed by atoms with Gasteiger partial charge in [-0.15, -0.1) is 0 Å². The summed E-state index contributed by atoms with van der Waals surface area (Å²) in [5.41, 5.74) is 8.75. The van der Waals surface area contributed by atoms with Crippen LogP contribution in [-0.4, -0.2) is 37.7 Å². The number of hydrogen-bond acceptors (Lipinski definition) is 3. The number of ether oxygens (including phenoxy) is 1. The Bertz CT molecular complexity index is 373. The number of hydrogen-bond donors (Lipinski definition) is 1. The number of rotatable bonds is 8. The van der Waals surface area contributed by atoms with E-state index in [4.69, 9.17) is 10.5 Å². The third-order valence-corrected chi connectivity index (χ3v) is 3.97. The van der Waals surface area contributed by atoms with E-state index in [1.165, 1.54) is 24.0 Å². The molecule has 1 aliphatic rings. The zero-order chi connectivity index (χ0) is 13.7. The molecule has 1 atom stereocenters. The SMILES string of the molecule is CCc1ccc(C(CN)N(CCOC)C2CC2)cc1. The van der Waals surface area contributed by atoms with E-state index < -0.39 is 0 Å². The van der Waals surface area contributed by atoms with Crippen molar-refractivity contribution in [3.05, 3.63) is 35.4 Å². The quantitative estimate of drug-likeness (QED) is 0.781. The lowest BCUT2D eigenvalue weighted by Gasteiger charge is -2.31. The highest BCUT2D eigenvalue weighted by molar-refractivity contribution is 5.25. The fraction of sp³-hybridized carbons (Fsp3) is 0.625. The predicted molar refractivity (Wildman–Crippen MR) is 79.2 cm³/mol. The van der Waals surface area contributed by atoms with Gasteiger partial charge >= 0.3 is 0 Å². The first kappa shape index (κ1) is 14.5. The largest absolute Gasteiger partial charge is 0.383 e. The van der Waals surface area contributed by atoms with E-state index in [2.05, 4.69) is 36.1 Å². The van der Waals surface area contributed by atoms with Gasteiger partial charge in [-0.25, -0.2) is 0 Å². The van der Waals surface area contributed by atoms with Gasteiger partial charge in [-0.2, -0.15) is 0 Å². The van der Waals surface area contributed by atoms with Gasteiger partial charge in [0.1, 0.15) is 0 Å². The monoisotopic (exact) mass is 262 g/mol. The first-order valence-corrected chi connectivity index (χ1v) is 7.33. The van der Waals surface area contributed by atoms with Crippen LogP contribution in [0.15, 0.2) is 24.3 Å². The minimum Gasteiger partial charge on any atom is -0.383 e. The zero-order valence-corrected chi connectivity index (χ0v) is 12.1. The fourth-order valence-corrected chi connectivity index (χ4v) is 2.63. The van der Waals surface area contributed by atoms with Crippen LogP contribution in [0.3, 0.4) is 0 Å². The van der Waals surface area contributed by atoms with E-state index in [9.17, 15) is 0 Å². The third kappa shape index (κ3) is 3.78.